The Labute approximate surface area is 172 Å². The number of amides is 2. The van der Waals surface area contributed by atoms with Crippen molar-refractivity contribution in [1.29, 1.82) is 0 Å². The van der Waals surface area contributed by atoms with Gasteiger partial charge in [0.15, 0.2) is 11.9 Å². The quantitative estimate of drug-likeness (QED) is 0.576. The van der Waals surface area contributed by atoms with Crippen molar-refractivity contribution in [3.63, 3.8) is 0 Å². The van der Waals surface area contributed by atoms with Crippen LogP contribution in [0, 0.1) is 0 Å². The first-order chi connectivity index (χ1) is 13.8. The van der Waals surface area contributed by atoms with E-state index in [9.17, 15) is 19.2 Å². The number of para-hydroxylation sites is 1. The number of nitrogens with one attached hydrogen (secondary N) is 2. The molecule has 0 aromatic heterocycles. The van der Waals surface area contributed by atoms with Crippen LogP contribution in [-0.2, 0) is 14.3 Å². The molecule has 2 N–H and O–H groups in total. The summed E-state index contributed by atoms with van der Waals surface area (Å²) in [5.41, 5.74) is 1.52. The first kappa shape index (κ1) is 20.6. The number of carbonyl (C=O) groups excluding carboxylic acids is 4. The number of benzene rings is 2. The standard InChI is InChI=1S/C21H20N2O5S/c1-12(24)15-5-3-4-6-16(15)23-20(26)13(2)28-21(27)14-7-8-18-17(11-14)22-19(25)9-10-29-18/h3-8,11,13H,9-10H2,1-2H3,(H,22,25)(H,23,26)/t13-/m0/s1. The van der Waals surface area contributed by atoms with Crippen molar-refractivity contribution in [2.45, 2.75) is 31.3 Å². The summed E-state index contributed by atoms with van der Waals surface area (Å²) in [5.74, 6) is -0.861. The van der Waals surface area contributed by atoms with Gasteiger partial charge in [0.25, 0.3) is 5.91 Å². The van der Waals surface area contributed by atoms with Gasteiger partial charge in [0.1, 0.15) is 0 Å². The van der Waals surface area contributed by atoms with Gasteiger partial charge in [-0.05, 0) is 44.2 Å². The number of fused-ring (bicyclic) bond motifs is 1. The van der Waals surface area contributed by atoms with Crippen LogP contribution < -0.4 is 10.6 Å². The molecular formula is C21H20N2O5S. The lowest BCUT2D eigenvalue weighted by molar-refractivity contribution is -0.123. The van der Waals surface area contributed by atoms with E-state index in [-0.39, 0.29) is 17.3 Å². The molecule has 2 aromatic carbocycles. The van der Waals surface area contributed by atoms with Gasteiger partial charge in [-0.1, -0.05) is 12.1 Å². The molecule has 0 saturated heterocycles. The van der Waals surface area contributed by atoms with Gasteiger partial charge in [-0.2, -0.15) is 0 Å². The summed E-state index contributed by atoms with van der Waals surface area (Å²) in [6.07, 6.45) is -0.678. The number of anilines is 2. The highest BCUT2D eigenvalue weighted by Gasteiger charge is 2.22. The molecule has 0 unspecified atom stereocenters. The monoisotopic (exact) mass is 412 g/mol. The zero-order valence-electron chi connectivity index (χ0n) is 16.0. The summed E-state index contributed by atoms with van der Waals surface area (Å²) in [4.78, 5) is 49.2. The number of Topliss-reactive ketones (excluding diaryl/α,β-unsaturated/α-hetero) is 1. The number of ketones is 1. The van der Waals surface area contributed by atoms with Crippen molar-refractivity contribution in [3.8, 4) is 0 Å². The van der Waals surface area contributed by atoms with Crippen LogP contribution in [0.15, 0.2) is 47.4 Å². The topological polar surface area (TPSA) is 102 Å². The number of ether oxygens (including phenoxy) is 1. The third-order valence-electron chi connectivity index (χ3n) is 4.29. The molecule has 0 radical (unpaired) electrons. The zero-order valence-corrected chi connectivity index (χ0v) is 16.8. The number of thioether (sulfide) groups is 1. The third-order valence-corrected chi connectivity index (χ3v) is 5.37. The SMILES string of the molecule is CC(=O)c1ccccc1NC(=O)[C@H](C)OC(=O)c1ccc2c(c1)NC(=O)CCS2. The lowest BCUT2D eigenvalue weighted by Gasteiger charge is -2.15. The van der Waals surface area contributed by atoms with Crippen LogP contribution in [0.4, 0.5) is 11.4 Å². The molecule has 150 valence electrons. The van der Waals surface area contributed by atoms with E-state index in [1.54, 1.807) is 42.5 Å². The molecular weight excluding hydrogens is 392 g/mol. The van der Waals surface area contributed by atoms with Gasteiger partial charge in [-0.15, -0.1) is 11.8 Å². The molecule has 0 spiro atoms. The molecule has 0 fully saturated rings. The Kier molecular flexibility index (Phi) is 6.33. The predicted molar refractivity (Wildman–Crippen MR) is 110 cm³/mol. The Morgan fingerprint density at radius 2 is 1.93 bits per heavy atom. The Morgan fingerprint density at radius 3 is 2.69 bits per heavy atom. The van der Waals surface area contributed by atoms with Crippen LogP contribution in [0.5, 0.6) is 0 Å². The lowest BCUT2D eigenvalue weighted by atomic mass is 10.1. The van der Waals surface area contributed by atoms with Crippen molar-refractivity contribution in [1.82, 2.24) is 0 Å². The second-order valence-corrected chi connectivity index (χ2v) is 7.63. The second kappa shape index (κ2) is 8.91. The maximum Gasteiger partial charge on any atom is 0.338 e. The molecule has 1 atom stereocenters. The van der Waals surface area contributed by atoms with E-state index >= 15 is 0 Å². The van der Waals surface area contributed by atoms with Gasteiger partial charge in [-0.25, -0.2) is 4.79 Å². The average Bonchev–Trinajstić information content (AvgIpc) is 2.87. The molecule has 1 aliphatic heterocycles. The van der Waals surface area contributed by atoms with E-state index in [1.165, 1.54) is 25.6 Å². The number of hydrogen-bond acceptors (Lipinski definition) is 6. The fraction of sp³-hybridized carbons (Fsp3) is 0.238. The normalized spacial score (nSPS) is 14.1. The van der Waals surface area contributed by atoms with Crippen LogP contribution in [-0.4, -0.2) is 35.4 Å². The van der Waals surface area contributed by atoms with Gasteiger partial charge in [0.2, 0.25) is 5.91 Å². The Bertz CT molecular complexity index is 989. The van der Waals surface area contributed by atoms with Crippen molar-refractivity contribution < 1.29 is 23.9 Å². The summed E-state index contributed by atoms with van der Waals surface area (Å²) >= 11 is 1.53. The van der Waals surface area contributed by atoms with Gasteiger partial charge < -0.3 is 15.4 Å². The first-order valence-electron chi connectivity index (χ1n) is 9.03. The van der Waals surface area contributed by atoms with Crippen molar-refractivity contribution >= 4 is 46.7 Å². The van der Waals surface area contributed by atoms with E-state index < -0.39 is 18.0 Å². The van der Waals surface area contributed by atoms with E-state index in [2.05, 4.69) is 10.6 Å². The summed E-state index contributed by atoms with van der Waals surface area (Å²) in [5, 5.41) is 5.38. The van der Waals surface area contributed by atoms with Gasteiger partial charge in [0.05, 0.1) is 16.9 Å². The summed E-state index contributed by atoms with van der Waals surface area (Å²) < 4.78 is 5.26. The smallest absolute Gasteiger partial charge is 0.338 e. The minimum Gasteiger partial charge on any atom is -0.449 e. The highest BCUT2D eigenvalue weighted by atomic mass is 32.2. The number of rotatable bonds is 5. The van der Waals surface area contributed by atoms with Crippen LogP contribution in [0.2, 0.25) is 0 Å². The molecule has 8 heteroatoms. The predicted octanol–water partition coefficient (Wildman–Crippen LogP) is 3.51. The first-order valence-corrected chi connectivity index (χ1v) is 10.0. The molecule has 0 bridgehead atoms. The largest absolute Gasteiger partial charge is 0.449 e. The van der Waals surface area contributed by atoms with Crippen molar-refractivity contribution in [3.05, 3.63) is 53.6 Å². The van der Waals surface area contributed by atoms with Crippen LogP contribution in [0.1, 0.15) is 41.0 Å². The van der Waals surface area contributed by atoms with Crippen molar-refractivity contribution in [2.75, 3.05) is 16.4 Å². The Morgan fingerprint density at radius 1 is 1.17 bits per heavy atom. The second-order valence-electron chi connectivity index (χ2n) is 6.50. The molecule has 2 amide bonds. The molecule has 0 saturated carbocycles. The van der Waals surface area contributed by atoms with E-state index in [1.807, 2.05) is 0 Å². The fourth-order valence-electron chi connectivity index (χ4n) is 2.76. The molecule has 0 aliphatic carbocycles. The van der Waals surface area contributed by atoms with Crippen LogP contribution in [0.3, 0.4) is 0 Å². The Hall–Kier alpha value is -3.13. The molecule has 1 aliphatic rings. The molecule has 2 aromatic rings. The third kappa shape index (κ3) is 5.03. The highest BCUT2D eigenvalue weighted by molar-refractivity contribution is 7.99. The average molecular weight is 412 g/mol. The molecule has 3 rings (SSSR count). The Balaban J connectivity index is 1.68. The van der Waals surface area contributed by atoms with Crippen LogP contribution in [0.25, 0.3) is 0 Å². The maximum absolute atomic E-state index is 12.5. The zero-order chi connectivity index (χ0) is 21.0. The fourth-order valence-corrected chi connectivity index (χ4v) is 3.70. The van der Waals surface area contributed by atoms with Crippen LogP contribution >= 0.6 is 11.8 Å². The number of carbonyl (C=O) groups is 4. The minimum absolute atomic E-state index is 0.112. The van der Waals surface area contributed by atoms with Crippen molar-refractivity contribution in [2.24, 2.45) is 0 Å². The maximum atomic E-state index is 12.5. The van der Waals surface area contributed by atoms with E-state index in [4.69, 9.17) is 4.74 Å². The lowest BCUT2D eigenvalue weighted by Crippen LogP contribution is -2.30. The molecule has 1 heterocycles. The van der Waals surface area contributed by atoms with E-state index in [0.717, 1.165) is 4.90 Å². The molecule has 29 heavy (non-hydrogen) atoms. The van der Waals surface area contributed by atoms with Gasteiger partial charge in [-0.3, -0.25) is 14.4 Å². The summed E-state index contributed by atoms with van der Waals surface area (Å²) in [6.45, 7) is 2.86. The number of esters is 1. The van der Waals surface area contributed by atoms with Gasteiger partial charge in [0, 0.05) is 22.6 Å². The van der Waals surface area contributed by atoms with Gasteiger partial charge >= 0.3 is 5.97 Å². The molecule has 7 nitrogen and oxygen atoms in total. The highest BCUT2D eigenvalue weighted by Crippen LogP contribution is 2.31. The number of hydrogen-bond donors (Lipinski definition) is 2. The van der Waals surface area contributed by atoms with E-state index in [0.29, 0.717) is 29.1 Å². The summed E-state index contributed by atoms with van der Waals surface area (Å²) in [6, 6.07) is 11.5. The minimum atomic E-state index is -1.08. The summed E-state index contributed by atoms with van der Waals surface area (Å²) in [7, 11) is 0.